The summed E-state index contributed by atoms with van der Waals surface area (Å²) in [5, 5.41) is 3.66. The number of amides is 3. The Morgan fingerprint density at radius 1 is 1.16 bits per heavy atom. The second-order valence-corrected chi connectivity index (χ2v) is 8.84. The van der Waals surface area contributed by atoms with Crippen LogP contribution in [0.25, 0.3) is 0 Å². The van der Waals surface area contributed by atoms with Crippen LogP contribution in [0.5, 0.6) is 5.75 Å². The first-order valence-corrected chi connectivity index (χ1v) is 11.1. The van der Waals surface area contributed by atoms with Gasteiger partial charge in [-0.05, 0) is 62.1 Å². The van der Waals surface area contributed by atoms with Crippen LogP contribution in [0.15, 0.2) is 42.5 Å². The number of hydrogen-bond donors (Lipinski definition) is 1. The summed E-state index contributed by atoms with van der Waals surface area (Å²) in [5.41, 5.74) is 2.89. The molecule has 0 unspecified atom stereocenters. The van der Waals surface area contributed by atoms with E-state index >= 15 is 0 Å². The van der Waals surface area contributed by atoms with Gasteiger partial charge in [0.1, 0.15) is 11.9 Å². The number of likely N-dealkylation sites (tertiary alicyclic amines) is 1. The van der Waals surface area contributed by atoms with Crippen LogP contribution in [-0.2, 0) is 11.3 Å². The summed E-state index contributed by atoms with van der Waals surface area (Å²) in [7, 11) is 0. The van der Waals surface area contributed by atoms with E-state index in [0.717, 1.165) is 22.6 Å². The molecule has 4 rings (SSSR count). The molecule has 0 aromatic heterocycles. The maximum atomic E-state index is 13.3. The van der Waals surface area contributed by atoms with Crippen molar-refractivity contribution in [3.05, 3.63) is 58.6 Å². The van der Waals surface area contributed by atoms with Gasteiger partial charge in [-0.25, -0.2) is 4.79 Å². The molecule has 1 saturated heterocycles. The van der Waals surface area contributed by atoms with Gasteiger partial charge in [-0.15, -0.1) is 0 Å². The Balaban J connectivity index is 1.34. The minimum atomic E-state index is -0.0821. The van der Waals surface area contributed by atoms with Crippen molar-refractivity contribution < 1.29 is 14.3 Å². The number of ether oxygens (including phenoxy) is 1. The molecule has 2 aromatic rings. The highest BCUT2D eigenvalue weighted by atomic mass is 35.5. The first-order valence-electron chi connectivity index (χ1n) is 10.8. The van der Waals surface area contributed by atoms with Gasteiger partial charge in [0.25, 0.3) is 0 Å². The van der Waals surface area contributed by atoms with Gasteiger partial charge in [-0.3, -0.25) is 9.69 Å². The number of nitrogens with zero attached hydrogens (tertiary/aromatic N) is 2. The molecule has 2 aliphatic rings. The summed E-state index contributed by atoms with van der Waals surface area (Å²) in [6.07, 6.45) is 1.26. The van der Waals surface area contributed by atoms with Gasteiger partial charge >= 0.3 is 6.03 Å². The van der Waals surface area contributed by atoms with Crippen LogP contribution in [0, 0.1) is 12.8 Å². The van der Waals surface area contributed by atoms with Crippen molar-refractivity contribution in [2.75, 3.05) is 24.5 Å². The molecule has 1 atom stereocenters. The van der Waals surface area contributed by atoms with Crippen molar-refractivity contribution in [2.24, 2.45) is 5.92 Å². The smallest absolute Gasteiger partial charge is 0.324 e. The Labute approximate surface area is 188 Å². The lowest BCUT2D eigenvalue weighted by molar-refractivity contribution is -0.126. The lowest BCUT2D eigenvalue weighted by Gasteiger charge is -2.39. The molecule has 2 heterocycles. The fraction of sp³-hybridized carbons (Fsp3) is 0.417. The Morgan fingerprint density at radius 3 is 2.68 bits per heavy atom. The van der Waals surface area contributed by atoms with Crippen LogP contribution in [0.1, 0.15) is 30.9 Å². The van der Waals surface area contributed by atoms with Crippen molar-refractivity contribution in [1.29, 1.82) is 0 Å². The first-order chi connectivity index (χ1) is 14.9. The summed E-state index contributed by atoms with van der Waals surface area (Å²) in [6, 6.07) is 13.4. The topological polar surface area (TPSA) is 61.9 Å². The minimum Gasteiger partial charge on any atom is -0.487 e. The fourth-order valence-electron chi connectivity index (χ4n) is 4.21. The first kappa shape index (κ1) is 21.5. The molecule has 0 saturated carbocycles. The molecule has 3 amide bonds. The molecule has 0 radical (unpaired) electrons. The third-order valence-electron chi connectivity index (χ3n) is 5.90. The zero-order valence-electron chi connectivity index (χ0n) is 17.9. The normalized spacial score (nSPS) is 18.9. The number of piperidine rings is 1. The minimum absolute atomic E-state index is 0.0141. The van der Waals surface area contributed by atoms with Crippen LogP contribution in [-0.4, -0.2) is 42.6 Å². The lowest BCUT2D eigenvalue weighted by Crippen LogP contribution is -2.52. The molecule has 1 N–H and O–H groups in total. The zero-order chi connectivity index (χ0) is 22.0. The number of rotatable bonds is 3. The molecule has 1 fully saturated rings. The Bertz CT molecular complexity index is 972. The summed E-state index contributed by atoms with van der Waals surface area (Å²) < 4.78 is 5.90. The third-order valence-corrected chi connectivity index (χ3v) is 6.13. The van der Waals surface area contributed by atoms with Crippen molar-refractivity contribution in [1.82, 2.24) is 10.2 Å². The number of nitrogens with one attached hydrogen (secondary N) is 1. The Morgan fingerprint density at radius 2 is 1.94 bits per heavy atom. The molecule has 0 spiro atoms. The van der Waals surface area contributed by atoms with E-state index in [1.165, 1.54) is 0 Å². The van der Waals surface area contributed by atoms with Gasteiger partial charge in [0.05, 0.1) is 12.2 Å². The molecule has 6 nitrogen and oxygen atoms in total. The van der Waals surface area contributed by atoms with Gasteiger partial charge in [0, 0.05) is 30.6 Å². The van der Waals surface area contributed by atoms with E-state index in [2.05, 4.69) is 5.32 Å². The third kappa shape index (κ3) is 4.96. The number of halogens is 1. The van der Waals surface area contributed by atoms with E-state index in [9.17, 15) is 9.59 Å². The van der Waals surface area contributed by atoms with E-state index in [1.807, 2.05) is 66.1 Å². The number of carbonyl (C=O) groups is 2. The monoisotopic (exact) mass is 441 g/mol. The highest BCUT2D eigenvalue weighted by Crippen LogP contribution is 2.35. The second kappa shape index (κ2) is 9.18. The number of urea groups is 1. The predicted molar refractivity (Wildman–Crippen MR) is 122 cm³/mol. The van der Waals surface area contributed by atoms with Crippen molar-refractivity contribution in [3.63, 3.8) is 0 Å². The van der Waals surface area contributed by atoms with Gasteiger partial charge < -0.3 is 15.0 Å². The quantitative estimate of drug-likeness (QED) is 0.768. The van der Waals surface area contributed by atoms with Crippen LogP contribution in [0.4, 0.5) is 10.5 Å². The Kier molecular flexibility index (Phi) is 6.37. The lowest BCUT2D eigenvalue weighted by atomic mass is 9.96. The molecular formula is C24H28ClN3O3. The SMILES string of the molecule is Cc1ccc2c(c1)N(C(=O)N1CCC(C(=O)NCc3cccc(Cl)c3)CC1)C[C@H](C)O2. The Hall–Kier alpha value is -2.73. The molecule has 2 aromatic carbocycles. The molecule has 0 bridgehead atoms. The molecule has 0 aliphatic carbocycles. The molecule has 2 aliphatic heterocycles. The average Bonchev–Trinajstić information content (AvgIpc) is 2.77. The van der Waals surface area contributed by atoms with Gasteiger partial charge in [0.2, 0.25) is 5.91 Å². The number of benzene rings is 2. The van der Waals surface area contributed by atoms with Gasteiger partial charge in [-0.1, -0.05) is 29.8 Å². The highest BCUT2D eigenvalue weighted by molar-refractivity contribution is 6.30. The number of fused-ring (bicyclic) bond motifs is 1. The van der Waals surface area contributed by atoms with E-state index in [4.69, 9.17) is 16.3 Å². The number of aryl methyl sites for hydroxylation is 1. The maximum Gasteiger partial charge on any atom is 0.324 e. The van der Waals surface area contributed by atoms with E-state index in [0.29, 0.717) is 44.0 Å². The average molecular weight is 442 g/mol. The van der Waals surface area contributed by atoms with Crippen molar-refractivity contribution in [2.45, 2.75) is 39.3 Å². The maximum absolute atomic E-state index is 13.3. The van der Waals surface area contributed by atoms with Gasteiger partial charge in [0.15, 0.2) is 0 Å². The van der Waals surface area contributed by atoms with E-state index in [1.54, 1.807) is 0 Å². The zero-order valence-corrected chi connectivity index (χ0v) is 18.7. The number of anilines is 1. The largest absolute Gasteiger partial charge is 0.487 e. The van der Waals surface area contributed by atoms with Crippen molar-refractivity contribution >= 4 is 29.2 Å². The fourth-order valence-corrected chi connectivity index (χ4v) is 4.43. The molecule has 7 heteroatoms. The van der Waals surface area contributed by atoms with Gasteiger partial charge in [-0.2, -0.15) is 0 Å². The molecular weight excluding hydrogens is 414 g/mol. The number of hydrogen-bond acceptors (Lipinski definition) is 3. The predicted octanol–water partition coefficient (Wildman–Crippen LogP) is 4.38. The van der Waals surface area contributed by atoms with Crippen molar-refractivity contribution in [3.8, 4) is 5.75 Å². The summed E-state index contributed by atoms with van der Waals surface area (Å²) in [6.45, 7) is 6.10. The van der Waals surface area contributed by atoms with E-state index < -0.39 is 0 Å². The molecule has 31 heavy (non-hydrogen) atoms. The summed E-state index contributed by atoms with van der Waals surface area (Å²) in [5.74, 6) is 0.697. The standard InChI is InChI=1S/C24H28ClN3O3/c1-16-6-7-22-21(12-16)28(15-17(2)31-22)24(30)27-10-8-19(9-11-27)23(29)26-14-18-4-3-5-20(25)13-18/h3-7,12-13,17,19H,8-11,14-15H2,1-2H3,(H,26,29)/t17-/m0/s1. The summed E-state index contributed by atoms with van der Waals surface area (Å²) >= 11 is 6.01. The molecule has 164 valence electrons. The summed E-state index contributed by atoms with van der Waals surface area (Å²) in [4.78, 5) is 29.5. The van der Waals surface area contributed by atoms with Crippen LogP contribution in [0.3, 0.4) is 0 Å². The second-order valence-electron chi connectivity index (χ2n) is 8.40. The van der Waals surface area contributed by atoms with Crippen LogP contribution in [0.2, 0.25) is 5.02 Å². The number of carbonyl (C=O) groups excluding carboxylic acids is 2. The highest BCUT2D eigenvalue weighted by Gasteiger charge is 2.33. The van der Waals surface area contributed by atoms with E-state index in [-0.39, 0.29) is 24.0 Å². The van der Waals surface area contributed by atoms with Crippen LogP contribution < -0.4 is 15.0 Å². The van der Waals surface area contributed by atoms with Crippen LogP contribution >= 0.6 is 11.6 Å².